The first-order valence-electron chi connectivity index (χ1n) is 11.0. The molecular weight excluding hydrogens is 418 g/mol. The average Bonchev–Trinajstić information content (AvgIpc) is 3.48. The van der Waals surface area contributed by atoms with Crippen LogP contribution in [0.1, 0.15) is 36.8 Å². The molecule has 4 aromatic rings. The van der Waals surface area contributed by atoms with E-state index in [1.54, 1.807) is 16.9 Å². The number of nitrogens with one attached hydrogen (secondary N) is 1. The van der Waals surface area contributed by atoms with Crippen molar-refractivity contribution in [2.75, 3.05) is 5.32 Å². The number of benzene rings is 3. The van der Waals surface area contributed by atoms with E-state index in [4.69, 9.17) is 0 Å². The van der Waals surface area contributed by atoms with Crippen molar-refractivity contribution in [2.24, 2.45) is 0 Å². The number of rotatable bonds is 5. The molecule has 0 bridgehead atoms. The number of hydrogen-bond acceptors (Lipinski definition) is 5. The number of aryl methyl sites for hydroxylation is 1. The van der Waals surface area contributed by atoms with E-state index in [2.05, 4.69) is 15.5 Å². The number of hydrogen-bond donors (Lipinski definition) is 1. The molecule has 0 atom stereocenters. The van der Waals surface area contributed by atoms with Crippen LogP contribution in [0.5, 0.6) is 0 Å². The second-order valence-electron chi connectivity index (χ2n) is 8.53. The minimum absolute atomic E-state index is 0.0232. The Morgan fingerprint density at radius 1 is 1.00 bits per heavy atom. The number of non-ortho nitro benzene ring substituents is 1. The van der Waals surface area contributed by atoms with Gasteiger partial charge in [-0.2, -0.15) is 4.80 Å². The van der Waals surface area contributed by atoms with Gasteiger partial charge in [0, 0.05) is 17.8 Å². The van der Waals surface area contributed by atoms with Crippen LogP contribution >= 0.6 is 0 Å². The van der Waals surface area contributed by atoms with Crippen LogP contribution in [-0.4, -0.2) is 25.8 Å². The third-order valence-electron chi connectivity index (χ3n) is 6.48. The SMILES string of the molecule is Cc1cc2nn(-c3ccccc3)nc2cc1NC(=O)C1(c2ccc([N+](=O)[O-])cc2)CCCC1. The fourth-order valence-electron chi connectivity index (χ4n) is 4.65. The lowest BCUT2D eigenvalue weighted by Crippen LogP contribution is -2.38. The Morgan fingerprint density at radius 2 is 1.64 bits per heavy atom. The highest BCUT2D eigenvalue weighted by Crippen LogP contribution is 2.42. The Bertz CT molecular complexity index is 1340. The van der Waals surface area contributed by atoms with E-state index >= 15 is 0 Å². The molecule has 1 N–H and O–H groups in total. The van der Waals surface area contributed by atoms with Crippen molar-refractivity contribution < 1.29 is 9.72 Å². The summed E-state index contributed by atoms with van der Waals surface area (Å²) in [7, 11) is 0. The Balaban J connectivity index is 1.46. The second-order valence-corrected chi connectivity index (χ2v) is 8.53. The third-order valence-corrected chi connectivity index (χ3v) is 6.48. The molecule has 8 heteroatoms. The van der Waals surface area contributed by atoms with E-state index in [1.807, 2.05) is 49.4 Å². The molecule has 0 unspecified atom stereocenters. The molecule has 33 heavy (non-hydrogen) atoms. The monoisotopic (exact) mass is 441 g/mol. The van der Waals surface area contributed by atoms with Gasteiger partial charge in [0.1, 0.15) is 11.0 Å². The van der Waals surface area contributed by atoms with E-state index in [-0.39, 0.29) is 11.6 Å². The standard InChI is InChI=1S/C25H23N5O3/c1-17-15-22-23(28-29(27-22)19-7-3-2-4-8-19)16-21(17)26-24(31)25(13-5-6-14-25)18-9-11-20(12-10-18)30(32)33/h2-4,7-12,15-16H,5-6,13-14H2,1H3,(H,26,31). The van der Waals surface area contributed by atoms with E-state index < -0.39 is 10.3 Å². The molecule has 0 saturated heterocycles. The number of amides is 1. The summed E-state index contributed by atoms with van der Waals surface area (Å²) in [5.41, 5.74) is 4.04. The van der Waals surface area contributed by atoms with Gasteiger partial charge in [-0.3, -0.25) is 14.9 Å². The Kier molecular flexibility index (Phi) is 5.12. The minimum atomic E-state index is -0.696. The molecule has 1 aliphatic rings. The molecule has 0 aliphatic heterocycles. The van der Waals surface area contributed by atoms with Gasteiger partial charge in [-0.05, 0) is 55.2 Å². The van der Waals surface area contributed by atoms with Crippen LogP contribution in [0.15, 0.2) is 66.7 Å². The first-order valence-corrected chi connectivity index (χ1v) is 11.0. The summed E-state index contributed by atoms with van der Waals surface area (Å²) in [5.74, 6) is -0.0910. The molecular formula is C25H23N5O3. The number of nitrogens with zero attached hydrogens (tertiary/aromatic N) is 4. The molecule has 3 aromatic carbocycles. The van der Waals surface area contributed by atoms with Gasteiger partial charge in [-0.25, -0.2) is 0 Å². The number of fused-ring (bicyclic) bond motifs is 1. The van der Waals surface area contributed by atoms with E-state index in [0.29, 0.717) is 24.0 Å². The van der Waals surface area contributed by atoms with Gasteiger partial charge in [0.05, 0.1) is 16.0 Å². The highest BCUT2D eigenvalue weighted by molar-refractivity contribution is 6.01. The van der Waals surface area contributed by atoms with Crippen LogP contribution in [0.3, 0.4) is 0 Å². The molecule has 1 saturated carbocycles. The van der Waals surface area contributed by atoms with Crippen LogP contribution in [-0.2, 0) is 10.2 Å². The number of carbonyl (C=O) groups excluding carboxylic acids is 1. The predicted molar refractivity (Wildman–Crippen MR) is 125 cm³/mol. The van der Waals surface area contributed by atoms with Gasteiger partial charge in [0.2, 0.25) is 5.91 Å². The van der Waals surface area contributed by atoms with Crippen molar-refractivity contribution in [3.8, 4) is 5.69 Å². The van der Waals surface area contributed by atoms with Gasteiger partial charge in [-0.1, -0.05) is 43.2 Å². The summed E-state index contributed by atoms with van der Waals surface area (Å²) < 4.78 is 0. The summed E-state index contributed by atoms with van der Waals surface area (Å²) in [6.45, 7) is 1.93. The van der Waals surface area contributed by atoms with Crippen LogP contribution in [0, 0.1) is 17.0 Å². The van der Waals surface area contributed by atoms with Crippen LogP contribution in [0.25, 0.3) is 16.7 Å². The molecule has 5 rings (SSSR count). The van der Waals surface area contributed by atoms with Gasteiger partial charge >= 0.3 is 0 Å². The van der Waals surface area contributed by atoms with Crippen molar-refractivity contribution in [3.63, 3.8) is 0 Å². The summed E-state index contributed by atoms with van der Waals surface area (Å²) in [6.07, 6.45) is 3.30. The molecule has 1 heterocycles. The van der Waals surface area contributed by atoms with Crippen molar-refractivity contribution in [1.29, 1.82) is 0 Å². The number of anilines is 1. The highest BCUT2D eigenvalue weighted by atomic mass is 16.6. The van der Waals surface area contributed by atoms with Gasteiger partial charge < -0.3 is 5.32 Å². The van der Waals surface area contributed by atoms with Crippen LogP contribution in [0.4, 0.5) is 11.4 Å². The first-order chi connectivity index (χ1) is 16.0. The lowest BCUT2D eigenvalue weighted by atomic mass is 9.78. The quantitative estimate of drug-likeness (QED) is 0.343. The Morgan fingerprint density at radius 3 is 2.27 bits per heavy atom. The highest BCUT2D eigenvalue weighted by Gasteiger charge is 2.43. The molecule has 166 valence electrons. The maximum absolute atomic E-state index is 13.6. The predicted octanol–water partition coefficient (Wildman–Crippen LogP) is 5.09. The number of aromatic nitrogens is 3. The zero-order chi connectivity index (χ0) is 23.0. The molecule has 1 amide bonds. The second kappa shape index (κ2) is 8.12. The van der Waals surface area contributed by atoms with E-state index in [0.717, 1.165) is 35.2 Å². The Hall–Kier alpha value is -4.07. The maximum atomic E-state index is 13.6. The normalized spacial score (nSPS) is 14.9. The van der Waals surface area contributed by atoms with E-state index in [1.165, 1.54) is 12.1 Å². The van der Waals surface area contributed by atoms with Gasteiger partial charge in [0.25, 0.3) is 5.69 Å². The Labute approximate surface area is 190 Å². The largest absolute Gasteiger partial charge is 0.325 e. The van der Waals surface area contributed by atoms with Crippen molar-refractivity contribution >= 4 is 28.3 Å². The fourth-order valence-corrected chi connectivity index (χ4v) is 4.65. The van der Waals surface area contributed by atoms with Crippen LogP contribution in [0.2, 0.25) is 0 Å². The molecule has 0 radical (unpaired) electrons. The molecule has 0 spiro atoms. The van der Waals surface area contributed by atoms with Crippen molar-refractivity contribution in [1.82, 2.24) is 15.0 Å². The summed E-state index contributed by atoms with van der Waals surface area (Å²) in [5, 5.41) is 23.3. The molecule has 8 nitrogen and oxygen atoms in total. The molecule has 1 fully saturated rings. The zero-order valence-corrected chi connectivity index (χ0v) is 18.2. The van der Waals surface area contributed by atoms with Crippen molar-refractivity contribution in [2.45, 2.75) is 38.0 Å². The number of carbonyl (C=O) groups is 1. The minimum Gasteiger partial charge on any atom is -0.325 e. The fraction of sp³-hybridized carbons (Fsp3) is 0.240. The molecule has 1 aliphatic carbocycles. The topological polar surface area (TPSA) is 103 Å². The summed E-state index contributed by atoms with van der Waals surface area (Å²) in [6, 6.07) is 19.8. The summed E-state index contributed by atoms with van der Waals surface area (Å²) in [4.78, 5) is 25.8. The number of nitro benzene ring substituents is 1. The van der Waals surface area contributed by atoms with Crippen molar-refractivity contribution in [3.05, 3.63) is 88.0 Å². The average molecular weight is 441 g/mol. The number of nitro groups is 1. The third kappa shape index (κ3) is 3.73. The number of para-hydroxylation sites is 1. The van der Waals surface area contributed by atoms with Gasteiger partial charge in [0.15, 0.2) is 0 Å². The van der Waals surface area contributed by atoms with E-state index in [9.17, 15) is 14.9 Å². The zero-order valence-electron chi connectivity index (χ0n) is 18.2. The van der Waals surface area contributed by atoms with Crippen LogP contribution < -0.4 is 5.32 Å². The maximum Gasteiger partial charge on any atom is 0.269 e. The summed E-state index contributed by atoms with van der Waals surface area (Å²) >= 11 is 0. The smallest absolute Gasteiger partial charge is 0.269 e. The van der Waals surface area contributed by atoms with Gasteiger partial charge in [-0.15, -0.1) is 10.2 Å². The lowest BCUT2D eigenvalue weighted by Gasteiger charge is -2.28. The first kappa shape index (κ1) is 20.8. The molecule has 1 aromatic heterocycles. The lowest BCUT2D eigenvalue weighted by molar-refractivity contribution is -0.384.